The standard InChI is InChI=1S/C14H10Br4O3/c1-19-11-3-7(15)9(17)5-13(11)21-14-6-10(18)8(16)4-12(14)20-2/h3-6H,1-2H3. The number of rotatable bonds is 4. The van der Waals surface area contributed by atoms with Crippen molar-refractivity contribution < 1.29 is 14.2 Å². The highest BCUT2D eigenvalue weighted by atomic mass is 79.9. The summed E-state index contributed by atoms with van der Waals surface area (Å²) in [6, 6.07) is 7.33. The van der Waals surface area contributed by atoms with E-state index in [4.69, 9.17) is 14.2 Å². The van der Waals surface area contributed by atoms with Gasteiger partial charge in [-0.2, -0.15) is 0 Å². The fraction of sp³-hybridized carbons (Fsp3) is 0.143. The maximum absolute atomic E-state index is 5.94. The van der Waals surface area contributed by atoms with E-state index >= 15 is 0 Å². The molecule has 0 spiro atoms. The van der Waals surface area contributed by atoms with Crippen molar-refractivity contribution in [2.24, 2.45) is 0 Å². The Morgan fingerprint density at radius 1 is 0.571 bits per heavy atom. The predicted molar refractivity (Wildman–Crippen MR) is 96.9 cm³/mol. The van der Waals surface area contributed by atoms with Gasteiger partial charge < -0.3 is 14.2 Å². The second kappa shape index (κ2) is 7.35. The molecule has 0 saturated heterocycles. The third-order valence-electron chi connectivity index (χ3n) is 2.63. The van der Waals surface area contributed by atoms with Gasteiger partial charge in [0, 0.05) is 17.9 Å². The smallest absolute Gasteiger partial charge is 0.170 e. The number of halogens is 4. The topological polar surface area (TPSA) is 27.7 Å². The Labute approximate surface area is 156 Å². The van der Waals surface area contributed by atoms with Crippen molar-refractivity contribution in [1.29, 1.82) is 0 Å². The van der Waals surface area contributed by atoms with Gasteiger partial charge in [0.05, 0.1) is 14.2 Å². The lowest BCUT2D eigenvalue weighted by atomic mass is 10.3. The van der Waals surface area contributed by atoms with Crippen LogP contribution in [0.5, 0.6) is 23.0 Å². The summed E-state index contributed by atoms with van der Waals surface area (Å²) in [5, 5.41) is 0. The number of hydrogen-bond acceptors (Lipinski definition) is 3. The van der Waals surface area contributed by atoms with Gasteiger partial charge in [-0.3, -0.25) is 0 Å². The third kappa shape index (κ3) is 3.94. The highest BCUT2D eigenvalue weighted by Gasteiger charge is 2.14. The fourth-order valence-electron chi connectivity index (χ4n) is 1.62. The van der Waals surface area contributed by atoms with Gasteiger partial charge in [0.25, 0.3) is 0 Å². The van der Waals surface area contributed by atoms with E-state index in [2.05, 4.69) is 63.7 Å². The van der Waals surface area contributed by atoms with Gasteiger partial charge in [-0.1, -0.05) is 0 Å². The second-order valence-corrected chi connectivity index (χ2v) is 7.35. The minimum Gasteiger partial charge on any atom is -0.493 e. The van der Waals surface area contributed by atoms with Crippen molar-refractivity contribution in [3.8, 4) is 23.0 Å². The van der Waals surface area contributed by atoms with Gasteiger partial charge in [0.2, 0.25) is 0 Å². The molecule has 0 N–H and O–H groups in total. The molecule has 0 amide bonds. The quantitative estimate of drug-likeness (QED) is 0.436. The average molecular weight is 546 g/mol. The molecule has 0 unspecified atom stereocenters. The molecular weight excluding hydrogens is 536 g/mol. The molecule has 2 rings (SSSR count). The Hall–Kier alpha value is -0.240. The summed E-state index contributed by atoms with van der Waals surface area (Å²) in [5.41, 5.74) is 0. The predicted octanol–water partition coefficient (Wildman–Crippen LogP) is 6.55. The largest absolute Gasteiger partial charge is 0.493 e. The highest BCUT2D eigenvalue weighted by molar-refractivity contribution is 9.13. The summed E-state index contributed by atoms with van der Waals surface area (Å²) in [4.78, 5) is 0. The Balaban J connectivity index is 2.47. The first-order valence-corrected chi connectivity index (χ1v) is 8.87. The normalized spacial score (nSPS) is 10.4. The molecule has 21 heavy (non-hydrogen) atoms. The van der Waals surface area contributed by atoms with Crippen LogP contribution in [0, 0.1) is 0 Å². The van der Waals surface area contributed by atoms with E-state index in [0.29, 0.717) is 23.0 Å². The van der Waals surface area contributed by atoms with E-state index in [1.165, 1.54) is 0 Å². The van der Waals surface area contributed by atoms with Crippen LogP contribution in [0.4, 0.5) is 0 Å². The molecule has 7 heteroatoms. The molecule has 0 atom stereocenters. The molecule has 0 heterocycles. The molecule has 0 aromatic heterocycles. The van der Waals surface area contributed by atoms with E-state index in [1.54, 1.807) is 14.2 Å². The highest BCUT2D eigenvalue weighted by Crippen LogP contribution is 2.43. The van der Waals surface area contributed by atoms with Crippen LogP contribution in [0.25, 0.3) is 0 Å². The molecule has 112 valence electrons. The first kappa shape index (κ1) is 17.1. The number of ether oxygens (including phenoxy) is 3. The van der Waals surface area contributed by atoms with Crippen LogP contribution < -0.4 is 14.2 Å². The number of benzene rings is 2. The van der Waals surface area contributed by atoms with Crippen molar-refractivity contribution in [2.75, 3.05) is 14.2 Å². The van der Waals surface area contributed by atoms with Gasteiger partial charge in [-0.15, -0.1) is 0 Å². The minimum absolute atomic E-state index is 0.583. The van der Waals surface area contributed by atoms with Crippen molar-refractivity contribution in [3.05, 3.63) is 42.2 Å². The first-order chi connectivity index (χ1) is 9.96. The van der Waals surface area contributed by atoms with Crippen LogP contribution in [0.2, 0.25) is 0 Å². The molecule has 2 aromatic rings. The summed E-state index contributed by atoms with van der Waals surface area (Å²) >= 11 is 13.8. The SMILES string of the molecule is COc1cc(Br)c(Br)cc1Oc1cc(Br)c(Br)cc1OC. The van der Waals surface area contributed by atoms with Crippen molar-refractivity contribution >= 4 is 63.7 Å². The third-order valence-corrected chi connectivity index (χ3v) is 6.32. The van der Waals surface area contributed by atoms with Gasteiger partial charge in [0.1, 0.15) is 0 Å². The van der Waals surface area contributed by atoms with Crippen LogP contribution in [0.3, 0.4) is 0 Å². The molecule has 2 aromatic carbocycles. The molecule has 0 aliphatic heterocycles. The van der Waals surface area contributed by atoms with Crippen LogP contribution >= 0.6 is 63.7 Å². The maximum Gasteiger partial charge on any atom is 0.170 e. The fourth-order valence-corrected chi connectivity index (χ4v) is 2.91. The van der Waals surface area contributed by atoms with Gasteiger partial charge >= 0.3 is 0 Å². The van der Waals surface area contributed by atoms with E-state index in [0.717, 1.165) is 17.9 Å². The molecule has 0 aliphatic carbocycles. The molecule has 0 fully saturated rings. The summed E-state index contributed by atoms with van der Waals surface area (Å²) in [5.74, 6) is 2.40. The molecule has 3 nitrogen and oxygen atoms in total. The lowest BCUT2D eigenvalue weighted by Crippen LogP contribution is -1.94. The Morgan fingerprint density at radius 2 is 0.857 bits per heavy atom. The average Bonchev–Trinajstić information content (AvgIpc) is 2.46. The zero-order valence-electron chi connectivity index (χ0n) is 11.0. The van der Waals surface area contributed by atoms with Crippen LogP contribution in [0.1, 0.15) is 0 Å². The zero-order chi connectivity index (χ0) is 15.6. The van der Waals surface area contributed by atoms with E-state index < -0.39 is 0 Å². The van der Waals surface area contributed by atoms with Crippen molar-refractivity contribution in [3.63, 3.8) is 0 Å². The molecule has 0 aliphatic rings. The van der Waals surface area contributed by atoms with Crippen LogP contribution in [-0.2, 0) is 0 Å². The number of hydrogen-bond donors (Lipinski definition) is 0. The Bertz CT molecular complexity index is 616. The van der Waals surface area contributed by atoms with E-state index in [9.17, 15) is 0 Å². The van der Waals surface area contributed by atoms with E-state index in [-0.39, 0.29) is 0 Å². The zero-order valence-corrected chi connectivity index (χ0v) is 17.4. The Kier molecular flexibility index (Phi) is 5.99. The van der Waals surface area contributed by atoms with Crippen molar-refractivity contribution in [1.82, 2.24) is 0 Å². The molecular formula is C14H10Br4O3. The second-order valence-electron chi connectivity index (χ2n) is 3.94. The minimum atomic E-state index is 0.583. The number of methoxy groups -OCH3 is 2. The van der Waals surface area contributed by atoms with Gasteiger partial charge in [-0.25, -0.2) is 0 Å². The lowest BCUT2D eigenvalue weighted by molar-refractivity contribution is 0.356. The monoisotopic (exact) mass is 542 g/mol. The molecule has 0 saturated carbocycles. The van der Waals surface area contributed by atoms with E-state index in [1.807, 2.05) is 24.3 Å². The summed E-state index contributed by atoms with van der Waals surface area (Å²) in [7, 11) is 3.19. The summed E-state index contributed by atoms with van der Waals surface area (Å²) in [6.07, 6.45) is 0. The van der Waals surface area contributed by atoms with Crippen LogP contribution in [-0.4, -0.2) is 14.2 Å². The Morgan fingerprint density at radius 3 is 1.14 bits per heavy atom. The van der Waals surface area contributed by atoms with Crippen molar-refractivity contribution in [2.45, 2.75) is 0 Å². The van der Waals surface area contributed by atoms with Gasteiger partial charge in [0.15, 0.2) is 23.0 Å². The summed E-state index contributed by atoms with van der Waals surface area (Å²) < 4.78 is 20.1. The maximum atomic E-state index is 5.94. The van der Waals surface area contributed by atoms with Gasteiger partial charge in [-0.05, 0) is 88.0 Å². The first-order valence-electron chi connectivity index (χ1n) is 5.70. The van der Waals surface area contributed by atoms with Crippen LogP contribution in [0.15, 0.2) is 42.2 Å². The lowest BCUT2D eigenvalue weighted by Gasteiger charge is -2.15. The molecule has 0 bridgehead atoms. The summed E-state index contributed by atoms with van der Waals surface area (Å²) in [6.45, 7) is 0. The molecule has 0 radical (unpaired) electrons.